The smallest absolute Gasteiger partial charge is 0.202 e. The number of ether oxygens (including phenoxy) is 4. The van der Waals surface area contributed by atoms with Crippen molar-refractivity contribution >= 4 is 11.6 Å². The van der Waals surface area contributed by atoms with Crippen LogP contribution in [-0.2, 0) is 37.8 Å². The number of aromatic nitrogens is 1. The van der Waals surface area contributed by atoms with E-state index < -0.39 is 18.0 Å². The topological polar surface area (TPSA) is 49.8 Å². The third kappa shape index (κ3) is 5.03. The molecular formula is C26H26ClNO4. The van der Waals surface area contributed by atoms with Gasteiger partial charge in [0.25, 0.3) is 0 Å². The molecule has 2 heterocycles. The average Bonchev–Trinajstić information content (AvgIpc) is 2.83. The van der Waals surface area contributed by atoms with Gasteiger partial charge in [-0.2, -0.15) is 0 Å². The lowest BCUT2D eigenvalue weighted by Gasteiger charge is -2.46. The van der Waals surface area contributed by atoms with Crippen LogP contribution in [0.1, 0.15) is 23.1 Å². The molecule has 1 fully saturated rings. The van der Waals surface area contributed by atoms with E-state index in [1.54, 1.807) is 19.4 Å². The van der Waals surface area contributed by atoms with Gasteiger partial charge in [-0.05, 0) is 17.2 Å². The Morgan fingerprint density at radius 3 is 2.25 bits per heavy atom. The lowest BCUT2D eigenvalue weighted by Crippen LogP contribution is -2.52. The molecule has 0 N–H and O–H groups in total. The Hall–Kier alpha value is -2.70. The van der Waals surface area contributed by atoms with E-state index in [4.69, 9.17) is 30.5 Å². The van der Waals surface area contributed by atoms with Gasteiger partial charge in [0.05, 0.1) is 13.2 Å². The van der Waals surface area contributed by atoms with Crippen molar-refractivity contribution in [1.29, 1.82) is 0 Å². The number of nitrogens with zero attached hydrogens (tertiary/aromatic N) is 1. The molecule has 2 aromatic carbocycles. The summed E-state index contributed by atoms with van der Waals surface area (Å²) in [7, 11) is 1.60. The van der Waals surface area contributed by atoms with Crippen molar-refractivity contribution in [2.75, 3.05) is 7.11 Å². The maximum atomic E-state index is 6.66. The molecule has 4 rings (SSSR count). The van der Waals surface area contributed by atoms with E-state index in [9.17, 15) is 0 Å². The summed E-state index contributed by atoms with van der Waals surface area (Å²) in [6.45, 7) is 4.90. The predicted molar refractivity (Wildman–Crippen MR) is 123 cm³/mol. The van der Waals surface area contributed by atoms with Crippen LogP contribution in [0.15, 0.2) is 91.3 Å². The zero-order valence-corrected chi connectivity index (χ0v) is 18.7. The first-order valence-electron chi connectivity index (χ1n) is 10.4. The van der Waals surface area contributed by atoms with E-state index in [1.165, 1.54) is 0 Å². The van der Waals surface area contributed by atoms with Crippen molar-refractivity contribution < 1.29 is 18.9 Å². The van der Waals surface area contributed by atoms with Crippen molar-refractivity contribution in [1.82, 2.24) is 4.98 Å². The second-order valence-corrected chi connectivity index (χ2v) is 8.05. The van der Waals surface area contributed by atoms with Gasteiger partial charge in [-0.3, -0.25) is 0 Å². The van der Waals surface area contributed by atoms with E-state index >= 15 is 0 Å². The van der Waals surface area contributed by atoms with Crippen molar-refractivity contribution in [3.8, 4) is 0 Å². The molecule has 1 aliphatic heterocycles. The molecule has 0 aliphatic carbocycles. The van der Waals surface area contributed by atoms with Crippen molar-refractivity contribution in [3.63, 3.8) is 0 Å². The van der Waals surface area contributed by atoms with Gasteiger partial charge in [-0.25, -0.2) is 4.98 Å². The van der Waals surface area contributed by atoms with Crippen LogP contribution in [0.3, 0.4) is 0 Å². The lowest BCUT2D eigenvalue weighted by molar-refractivity contribution is -0.249. The molecule has 0 bridgehead atoms. The van der Waals surface area contributed by atoms with Crippen LogP contribution in [0.5, 0.6) is 0 Å². The average molecular weight is 452 g/mol. The van der Waals surface area contributed by atoms with E-state index in [1.807, 2.05) is 66.7 Å². The summed E-state index contributed by atoms with van der Waals surface area (Å²) < 4.78 is 24.5. The fourth-order valence-corrected chi connectivity index (χ4v) is 4.01. The Morgan fingerprint density at radius 2 is 1.66 bits per heavy atom. The normalized spacial score (nSPS) is 23.0. The van der Waals surface area contributed by atoms with E-state index in [2.05, 4.69) is 11.6 Å². The summed E-state index contributed by atoms with van der Waals surface area (Å²) in [4.78, 5) is 4.30. The number of hydrogen-bond donors (Lipinski definition) is 0. The lowest BCUT2D eigenvalue weighted by atomic mass is 9.82. The molecule has 32 heavy (non-hydrogen) atoms. The number of halogens is 1. The van der Waals surface area contributed by atoms with E-state index in [0.717, 1.165) is 16.7 Å². The molecule has 0 amide bonds. The fourth-order valence-electron chi connectivity index (χ4n) is 3.90. The SMILES string of the molecule is C=C1O[C@H](OC)C[C@@](OCc2ccccc2)(c2ccc(Cl)nc2)[C@@H]1OCc1ccccc1. The monoisotopic (exact) mass is 451 g/mol. The van der Waals surface area contributed by atoms with E-state index in [0.29, 0.717) is 30.5 Å². The van der Waals surface area contributed by atoms with Gasteiger partial charge in [-0.15, -0.1) is 0 Å². The minimum atomic E-state index is -0.932. The summed E-state index contributed by atoms with van der Waals surface area (Å²) >= 11 is 6.08. The van der Waals surface area contributed by atoms with E-state index in [-0.39, 0.29) is 0 Å². The van der Waals surface area contributed by atoms with Gasteiger partial charge in [-0.1, -0.05) is 84.9 Å². The van der Waals surface area contributed by atoms with Gasteiger partial charge in [0.1, 0.15) is 22.6 Å². The molecule has 3 atom stereocenters. The summed E-state index contributed by atoms with van der Waals surface area (Å²) in [5.74, 6) is 0.446. The zero-order valence-electron chi connectivity index (χ0n) is 17.9. The Balaban J connectivity index is 1.71. The van der Waals surface area contributed by atoms with Crippen LogP contribution in [-0.4, -0.2) is 24.5 Å². The van der Waals surface area contributed by atoms with Gasteiger partial charge in [0, 0.05) is 25.3 Å². The Morgan fingerprint density at radius 1 is 1.00 bits per heavy atom. The summed E-state index contributed by atoms with van der Waals surface area (Å²) in [5.41, 5.74) is 1.97. The van der Waals surface area contributed by atoms with Crippen LogP contribution in [0.25, 0.3) is 0 Å². The fraction of sp³-hybridized carbons (Fsp3) is 0.269. The van der Waals surface area contributed by atoms with Gasteiger partial charge in [0.2, 0.25) is 6.29 Å². The molecule has 0 unspecified atom stereocenters. The van der Waals surface area contributed by atoms with Crippen LogP contribution in [0.2, 0.25) is 5.15 Å². The minimum Gasteiger partial charge on any atom is -0.467 e. The predicted octanol–water partition coefficient (Wildman–Crippen LogP) is 5.64. The highest BCUT2D eigenvalue weighted by Gasteiger charge is 2.51. The molecule has 0 spiro atoms. The molecule has 1 aliphatic rings. The number of hydrogen-bond acceptors (Lipinski definition) is 5. The minimum absolute atomic E-state index is 0.373. The summed E-state index contributed by atoms with van der Waals surface area (Å²) in [5, 5.41) is 0.405. The largest absolute Gasteiger partial charge is 0.467 e. The van der Waals surface area contributed by atoms with Crippen molar-refractivity contribution in [3.05, 3.63) is 113 Å². The zero-order chi connectivity index (χ0) is 22.4. The highest BCUT2D eigenvalue weighted by Crippen LogP contribution is 2.45. The van der Waals surface area contributed by atoms with Crippen LogP contribution in [0.4, 0.5) is 0 Å². The summed E-state index contributed by atoms with van der Waals surface area (Å²) in [6.07, 6.45) is 1.00. The highest BCUT2D eigenvalue weighted by molar-refractivity contribution is 6.29. The molecule has 5 nitrogen and oxygen atoms in total. The first kappa shape index (κ1) is 22.5. The van der Waals surface area contributed by atoms with Crippen LogP contribution < -0.4 is 0 Å². The van der Waals surface area contributed by atoms with Gasteiger partial charge in [0.15, 0.2) is 0 Å². The molecule has 166 valence electrons. The van der Waals surface area contributed by atoms with Gasteiger partial charge >= 0.3 is 0 Å². The maximum Gasteiger partial charge on any atom is 0.202 e. The molecule has 6 heteroatoms. The molecule has 1 saturated heterocycles. The second-order valence-electron chi connectivity index (χ2n) is 7.66. The standard InChI is InChI=1S/C26H26ClNO4/c1-19-25(30-17-20-9-5-3-6-10-20)26(15-24(29-2)32-19,22-13-14-23(27)28-16-22)31-18-21-11-7-4-8-12-21/h3-14,16,24-25H,1,15,17-18H2,2H3/t24-,25+,26+/m0/s1. The Kier molecular flexibility index (Phi) is 7.22. The van der Waals surface area contributed by atoms with Gasteiger partial charge < -0.3 is 18.9 Å². The maximum absolute atomic E-state index is 6.66. The third-order valence-electron chi connectivity index (χ3n) is 5.55. The molecular weight excluding hydrogens is 426 g/mol. The Labute approximate surface area is 193 Å². The molecule has 1 aromatic heterocycles. The number of methoxy groups -OCH3 is 1. The third-order valence-corrected chi connectivity index (χ3v) is 5.77. The van der Waals surface area contributed by atoms with Crippen molar-refractivity contribution in [2.45, 2.75) is 37.6 Å². The number of benzene rings is 2. The first-order valence-corrected chi connectivity index (χ1v) is 10.8. The molecule has 3 aromatic rings. The van der Waals surface area contributed by atoms with Crippen LogP contribution >= 0.6 is 11.6 Å². The summed E-state index contributed by atoms with van der Waals surface area (Å²) in [6, 6.07) is 23.6. The number of pyridine rings is 1. The van der Waals surface area contributed by atoms with Crippen molar-refractivity contribution in [2.24, 2.45) is 0 Å². The number of rotatable bonds is 8. The Bertz CT molecular complexity index is 1010. The second kappa shape index (κ2) is 10.3. The highest BCUT2D eigenvalue weighted by atomic mass is 35.5. The molecule has 0 saturated carbocycles. The first-order chi connectivity index (χ1) is 15.6. The molecule has 0 radical (unpaired) electrons. The quantitative estimate of drug-likeness (QED) is 0.415. The van der Waals surface area contributed by atoms with Crippen LogP contribution in [0, 0.1) is 0 Å².